The third-order valence-corrected chi connectivity index (χ3v) is 8.20. The third kappa shape index (κ3) is 4.25. The zero-order chi connectivity index (χ0) is 26.4. The molecule has 1 aliphatic heterocycles. The highest BCUT2D eigenvalue weighted by Crippen LogP contribution is 2.40. The molecule has 3 aromatic carbocycles. The standard InChI is InChI=1S/C28H23IN2O5S/c1-14-23(15(2)32)25(24-18-8-6-5-7-17(18)9-10-20(24)35-3)31-27(34)22(37-28(31)30-14)13-16-11-19(29)26(33)21(12-16)36-4/h5-13,25,33H,1-4H3/t25-/m1/s1. The van der Waals surface area contributed by atoms with E-state index in [1.165, 1.54) is 25.4 Å². The molecule has 0 radical (unpaired) electrons. The zero-order valence-corrected chi connectivity index (χ0v) is 23.5. The van der Waals surface area contributed by atoms with Crippen LogP contribution in [0.1, 0.15) is 31.0 Å². The second kappa shape index (κ2) is 9.79. The summed E-state index contributed by atoms with van der Waals surface area (Å²) in [6, 6.07) is 14.4. The molecular weight excluding hydrogens is 603 g/mol. The smallest absolute Gasteiger partial charge is 0.271 e. The SMILES string of the molecule is COc1cc(C=c2sc3n(c2=O)[C@@H](c2c(OC)ccc4ccccc24)C(C(C)=O)=C(C)N=3)cc(I)c1O. The lowest BCUT2D eigenvalue weighted by Gasteiger charge is -2.27. The van der Waals surface area contributed by atoms with Crippen LogP contribution in [0.4, 0.5) is 0 Å². The van der Waals surface area contributed by atoms with Gasteiger partial charge >= 0.3 is 0 Å². The molecule has 2 heterocycles. The third-order valence-electron chi connectivity index (χ3n) is 6.39. The maximum absolute atomic E-state index is 13.9. The second-order valence-electron chi connectivity index (χ2n) is 8.59. The average Bonchev–Trinajstić information content (AvgIpc) is 3.18. The lowest BCUT2D eigenvalue weighted by atomic mass is 9.89. The minimum atomic E-state index is -0.702. The number of allylic oxidation sites excluding steroid dienone is 2. The number of carbonyl (C=O) groups is 1. The van der Waals surface area contributed by atoms with Crippen molar-refractivity contribution in [3.63, 3.8) is 0 Å². The molecule has 1 N–H and O–H groups in total. The number of methoxy groups -OCH3 is 2. The fraction of sp³-hybridized carbons (Fsp3) is 0.179. The van der Waals surface area contributed by atoms with Crippen LogP contribution in [0.2, 0.25) is 0 Å². The maximum Gasteiger partial charge on any atom is 0.271 e. The van der Waals surface area contributed by atoms with Gasteiger partial charge in [-0.3, -0.25) is 14.2 Å². The molecule has 1 aromatic heterocycles. The van der Waals surface area contributed by atoms with Crippen LogP contribution in [0.5, 0.6) is 17.2 Å². The predicted molar refractivity (Wildman–Crippen MR) is 152 cm³/mol. The highest BCUT2D eigenvalue weighted by molar-refractivity contribution is 14.1. The van der Waals surface area contributed by atoms with Crippen molar-refractivity contribution in [2.75, 3.05) is 14.2 Å². The summed E-state index contributed by atoms with van der Waals surface area (Å²) in [5, 5.41) is 12.1. The number of thiazole rings is 1. The van der Waals surface area contributed by atoms with Gasteiger partial charge in [0.05, 0.1) is 28.4 Å². The molecule has 0 saturated carbocycles. The van der Waals surface area contributed by atoms with E-state index in [4.69, 9.17) is 9.47 Å². The summed E-state index contributed by atoms with van der Waals surface area (Å²) in [4.78, 5) is 32.1. The molecule has 0 spiro atoms. The van der Waals surface area contributed by atoms with Crippen molar-refractivity contribution in [1.82, 2.24) is 4.57 Å². The van der Waals surface area contributed by atoms with Crippen LogP contribution in [0, 0.1) is 3.57 Å². The van der Waals surface area contributed by atoms with Gasteiger partial charge in [0.1, 0.15) is 5.75 Å². The number of phenolic OH excluding ortho intramolecular Hbond substituents is 1. The lowest BCUT2D eigenvalue weighted by molar-refractivity contribution is -0.114. The van der Waals surface area contributed by atoms with Crippen LogP contribution >= 0.6 is 33.9 Å². The summed E-state index contributed by atoms with van der Waals surface area (Å²) in [7, 11) is 3.06. The van der Waals surface area contributed by atoms with Gasteiger partial charge in [-0.15, -0.1) is 0 Å². The molecule has 1 atom stereocenters. The molecule has 0 aliphatic carbocycles. The molecule has 0 unspecified atom stereocenters. The van der Waals surface area contributed by atoms with Crippen molar-refractivity contribution in [2.45, 2.75) is 19.9 Å². The van der Waals surface area contributed by atoms with Crippen LogP contribution in [0.3, 0.4) is 0 Å². The first-order chi connectivity index (χ1) is 17.7. The first-order valence-electron chi connectivity index (χ1n) is 11.4. The van der Waals surface area contributed by atoms with Crippen molar-refractivity contribution in [3.05, 3.63) is 94.2 Å². The van der Waals surface area contributed by atoms with Crippen LogP contribution in [-0.2, 0) is 4.79 Å². The van der Waals surface area contributed by atoms with Gasteiger partial charge in [-0.25, -0.2) is 4.99 Å². The Morgan fingerprint density at radius 3 is 2.57 bits per heavy atom. The molecule has 9 heteroatoms. The molecule has 4 aromatic rings. The Labute approximate surface area is 230 Å². The zero-order valence-electron chi connectivity index (χ0n) is 20.5. The van der Waals surface area contributed by atoms with Gasteiger partial charge in [-0.05, 0) is 77.0 Å². The topological polar surface area (TPSA) is 90.1 Å². The Hall–Kier alpha value is -3.44. The number of hydrogen-bond acceptors (Lipinski definition) is 7. The number of nitrogens with zero attached hydrogens (tertiary/aromatic N) is 2. The van der Waals surface area contributed by atoms with E-state index < -0.39 is 6.04 Å². The van der Waals surface area contributed by atoms with Gasteiger partial charge in [0.2, 0.25) is 0 Å². The molecule has 1 aliphatic rings. The van der Waals surface area contributed by atoms with Gasteiger partial charge in [-0.2, -0.15) is 0 Å². The van der Waals surface area contributed by atoms with Gasteiger partial charge in [0, 0.05) is 16.8 Å². The van der Waals surface area contributed by atoms with E-state index >= 15 is 0 Å². The van der Waals surface area contributed by atoms with Gasteiger partial charge in [0.25, 0.3) is 5.56 Å². The van der Waals surface area contributed by atoms with E-state index in [9.17, 15) is 14.7 Å². The van der Waals surface area contributed by atoms with E-state index in [-0.39, 0.29) is 17.1 Å². The summed E-state index contributed by atoms with van der Waals surface area (Å²) in [5.41, 5.74) is 2.20. The number of aromatic hydroxyl groups is 1. The quantitative estimate of drug-likeness (QED) is 0.334. The molecule has 188 valence electrons. The number of phenols is 1. The lowest BCUT2D eigenvalue weighted by Crippen LogP contribution is -2.39. The molecule has 37 heavy (non-hydrogen) atoms. The largest absolute Gasteiger partial charge is 0.504 e. The summed E-state index contributed by atoms with van der Waals surface area (Å²) in [6.07, 6.45) is 1.75. The summed E-state index contributed by atoms with van der Waals surface area (Å²) in [6.45, 7) is 3.30. The normalized spacial score (nSPS) is 15.5. The minimum Gasteiger partial charge on any atom is -0.504 e. The van der Waals surface area contributed by atoms with Crippen LogP contribution in [0.15, 0.2) is 69.6 Å². The second-order valence-corrected chi connectivity index (χ2v) is 10.8. The molecule has 0 bridgehead atoms. The number of carbonyl (C=O) groups excluding carboxylic acids is 1. The highest BCUT2D eigenvalue weighted by atomic mass is 127. The van der Waals surface area contributed by atoms with Crippen molar-refractivity contribution in [1.29, 1.82) is 0 Å². The number of rotatable bonds is 5. The number of aromatic nitrogens is 1. The fourth-order valence-electron chi connectivity index (χ4n) is 4.76. The number of hydrogen-bond donors (Lipinski definition) is 1. The van der Waals surface area contributed by atoms with Crippen molar-refractivity contribution < 1.29 is 19.4 Å². The van der Waals surface area contributed by atoms with Gasteiger partial charge < -0.3 is 14.6 Å². The van der Waals surface area contributed by atoms with Gasteiger partial charge in [0.15, 0.2) is 22.1 Å². The monoisotopic (exact) mass is 626 g/mol. The summed E-state index contributed by atoms with van der Waals surface area (Å²) in [5.74, 6) is 0.795. The Balaban J connectivity index is 1.84. The molecule has 0 amide bonds. The number of Topliss-reactive ketones (excluding diaryl/α,β-unsaturated/α-hetero) is 1. The Kier molecular flexibility index (Phi) is 6.67. The molecule has 5 rings (SSSR count). The molecule has 0 fully saturated rings. The highest BCUT2D eigenvalue weighted by Gasteiger charge is 2.33. The number of halogens is 1. The van der Waals surface area contributed by atoms with Crippen molar-refractivity contribution in [3.8, 4) is 17.2 Å². The summed E-state index contributed by atoms with van der Waals surface area (Å²) >= 11 is 3.27. The number of ether oxygens (including phenoxy) is 2. The maximum atomic E-state index is 13.9. The number of ketones is 1. The van der Waals surface area contributed by atoms with E-state index in [0.717, 1.165) is 16.3 Å². The summed E-state index contributed by atoms with van der Waals surface area (Å²) < 4.78 is 13.7. The first kappa shape index (κ1) is 25.2. The van der Waals surface area contributed by atoms with E-state index in [2.05, 4.69) is 4.99 Å². The van der Waals surface area contributed by atoms with E-state index in [1.54, 1.807) is 36.8 Å². The van der Waals surface area contributed by atoms with Crippen LogP contribution in [-0.4, -0.2) is 29.7 Å². The molecule has 7 nitrogen and oxygen atoms in total. The van der Waals surface area contributed by atoms with E-state index in [1.807, 2.05) is 59.0 Å². The van der Waals surface area contributed by atoms with Gasteiger partial charge in [-0.1, -0.05) is 41.7 Å². The van der Waals surface area contributed by atoms with Crippen LogP contribution < -0.4 is 24.4 Å². The Morgan fingerprint density at radius 1 is 1.14 bits per heavy atom. The average molecular weight is 626 g/mol. The van der Waals surface area contributed by atoms with Crippen molar-refractivity contribution in [2.24, 2.45) is 4.99 Å². The number of benzene rings is 3. The Bertz CT molecular complexity index is 1800. The van der Waals surface area contributed by atoms with E-state index in [0.29, 0.717) is 41.2 Å². The van der Waals surface area contributed by atoms with Crippen molar-refractivity contribution >= 4 is 56.6 Å². The first-order valence-corrected chi connectivity index (χ1v) is 13.3. The van der Waals surface area contributed by atoms with Crippen LogP contribution in [0.25, 0.3) is 16.8 Å². The predicted octanol–water partition coefficient (Wildman–Crippen LogP) is 4.30. The molecular formula is C28H23IN2O5S. The number of fused-ring (bicyclic) bond motifs is 2. The fourth-order valence-corrected chi connectivity index (χ4v) is 6.44. The minimum absolute atomic E-state index is 0.0477. The Morgan fingerprint density at radius 2 is 1.86 bits per heavy atom. The molecule has 0 saturated heterocycles.